The molecule has 0 aliphatic carbocycles. The van der Waals surface area contributed by atoms with Crippen LogP contribution in [-0.2, 0) is 28.6 Å². The van der Waals surface area contributed by atoms with Gasteiger partial charge in [-0.15, -0.1) is 0 Å². The van der Waals surface area contributed by atoms with Crippen LogP contribution < -0.4 is 0 Å². The first kappa shape index (κ1) is 65.8. The summed E-state index contributed by atoms with van der Waals surface area (Å²) >= 11 is 0. The molecule has 0 aromatic heterocycles. The second kappa shape index (κ2) is 57.4. The van der Waals surface area contributed by atoms with Gasteiger partial charge in [0.1, 0.15) is 13.2 Å². The van der Waals surface area contributed by atoms with E-state index in [2.05, 4.69) is 130 Å². The van der Waals surface area contributed by atoms with Gasteiger partial charge in [0.2, 0.25) is 0 Å². The van der Waals surface area contributed by atoms with Crippen LogP contribution in [0.4, 0.5) is 0 Å². The largest absolute Gasteiger partial charge is 0.462 e. The Morgan fingerprint density at radius 2 is 0.586 bits per heavy atom. The second-order valence-electron chi connectivity index (χ2n) is 18.4. The van der Waals surface area contributed by atoms with Crippen LogP contribution in [0.3, 0.4) is 0 Å². The molecule has 1 atom stereocenters. The molecule has 0 radical (unpaired) electrons. The molecule has 0 aromatic carbocycles. The summed E-state index contributed by atoms with van der Waals surface area (Å²) in [7, 11) is 0. The molecule has 0 heterocycles. The molecule has 0 rings (SSSR count). The van der Waals surface area contributed by atoms with Crippen LogP contribution in [0.2, 0.25) is 0 Å². The number of ether oxygens (including phenoxy) is 3. The Balaban J connectivity index is 4.41. The third-order valence-corrected chi connectivity index (χ3v) is 11.7. The van der Waals surface area contributed by atoms with Gasteiger partial charge >= 0.3 is 17.9 Å². The van der Waals surface area contributed by atoms with E-state index in [0.29, 0.717) is 19.3 Å². The highest BCUT2D eigenvalue weighted by atomic mass is 16.6. The Kier molecular flexibility index (Phi) is 54.0. The molecule has 6 nitrogen and oxygen atoms in total. The third kappa shape index (κ3) is 54.7. The summed E-state index contributed by atoms with van der Waals surface area (Å²) < 4.78 is 16.8. The van der Waals surface area contributed by atoms with Gasteiger partial charge in [0.25, 0.3) is 0 Å². The number of rotatable bonds is 50. The van der Waals surface area contributed by atoms with Gasteiger partial charge in [-0.1, -0.05) is 251 Å². The van der Waals surface area contributed by atoms with Gasteiger partial charge < -0.3 is 14.2 Å². The van der Waals surface area contributed by atoms with Crippen molar-refractivity contribution in [3.05, 3.63) is 122 Å². The van der Waals surface area contributed by atoms with Crippen molar-refractivity contribution in [3.8, 4) is 0 Å². The zero-order valence-electron chi connectivity index (χ0n) is 45.2. The van der Waals surface area contributed by atoms with Crippen LogP contribution in [-0.4, -0.2) is 37.2 Å². The van der Waals surface area contributed by atoms with Gasteiger partial charge in [-0.2, -0.15) is 0 Å². The molecule has 6 heteroatoms. The number of carbonyl (C=O) groups is 3. The van der Waals surface area contributed by atoms with Crippen LogP contribution in [0.15, 0.2) is 122 Å². The van der Waals surface area contributed by atoms with Crippen molar-refractivity contribution in [1.29, 1.82) is 0 Å². The van der Waals surface area contributed by atoms with Crippen molar-refractivity contribution < 1.29 is 28.6 Å². The summed E-state index contributed by atoms with van der Waals surface area (Å²) in [5.41, 5.74) is 0. The van der Waals surface area contributed by atoms with Gasteiger partial charge in [-0.3, -0.25) is 14.4 Å². The Morgan fingerprint density at radius 3 is 0.957 bits per heavy atom. The Labute approximate surface area is 431 Å². The number of esters is 3. The predicted molar refractivity (Wildman–Crippen MR) is 302 cm³/mol. The fourth-order valence-corrected chi connectivity index (χ4v) is 7.52. The lowest BCUT2D eigenvalue weighted by molar-refractivity contribution is -0.166. The SMILES string of the molecule is CC/C=C\C/C=C\C/C=C\C/C=C\C/C=C\C/C=C\CCCCCCCCC(=O)OCC(COC(=O)CC/C=C\C/C=C\C/C=C\C/C=C\CC)OC(=O)CCCCCCCCCCCCCCCC. The molecule has 0 aliphatic heterocycles. The van der Waals surface area contributed by atoms with E-state index in [1.165, 1.54) is 83.5 Å². The minimum absolute atomic E-state index is 0.109. The highest BCUT2D eigenvalue weighted by Crippen LogP contribution is 2.15. The molecule has 0 bridgehead atoms. The summed E-state index contributed by atoms with van der Waals surface area (Å²) in [6, 6.07) is 0. The minimum atomic E-state index is -0.814. The highest BCUT2D eigenvalue weighted by Gasteiger charge is 2.19. The average Bonchev–Trinajstić information content (AvgIpc) is 3.36. The molecule has 0 saturated heterocycles. The first-order valence-electron chi connectivity index (χ1n) is 28.5. The van der Waals surface area contributed by atoms with Crippen LogP contribution in [0.1, 0.15) is 245 Å². The fraction of sp³-hybridized carbons (Fsp3) is 0.641. The summed E-state index contributed by atoms with van der Waals surface area (Å²) in [5.74, 6) is -1.01. The first-order valence-corrected chi connectivity index (χ1v) is 28.5. The zero-order chi connectivity index (χ0) is 50.7. The number of hydrogen-bond acceptors (Lipinski definition) is 6. The van der Waals surface area contributed by atoms with E-state index in [9.17, 15) is 14.4 Å². The lowest BCUT2D eigenvalue weighted by Crippen LogP contribution is -2.30. The molecule has 1 unspecified atom stereocenters. The third-order valence-electron chi connectivity index (χ3n) is 11.7. The van der Waals surface area contributed by atoms with E-state index in [1.54, 1.807) is 0 Å². The van der Waals surface area contributed by atoms with Gasteiger partial charge in [0, 0.05) is 19.3 Å². The molecule has 70 heavy (non-hydrogen) atoms. The van der Waals surface area contributed by atoms with Crippen molar-refractivity contribution in [2.24, 2.45) is 0 Å². The monoisotopic (exact) mass is 969 g/mol. The molecule has 0 N–H and O–H groups in total. The Morgan fingerprint density at radius 1 is 0.300 bits per heavy atom. The van der Waals surface area contributed by atoms with E-state index in [0.717, 1.165) is 116 Å². The van der Waals surface area contributed by atoms with E-state index in [4.69, 9.17) is 14.2 Å². The molecule has 0 fully saturated rings. The van der Waals surface area contributed by atoms with Gasteiger partial charge in [0.05, 0.1) is 0 Å². The van der Waals surface area contributed by atoms with Crippen molar-refractivity contribution in [2.45, 2.75) is 252 Å². The summed E-state index contributed by atoms with van der Waals surface area (Å²) in [4.78, 5) is 38.1. The average molecular weight is 970 g/mol. The summed E-state index contributed by atoms with van der Waals surface area (Å²) in [6.45, 7) is 6.33. The molecule has 0 aromatic rings. The van der Waals surface area contributed by atoms with Crippen molar-refractivity contribution in [2.75, 3.05) is 13.2 Å². The van der Waals surface area contributed by atoms with Crippen LogP contribution >= 0.6 is 0 Å². The summed E-state index contributed by atoms with van der Waals surface area (Å²) in [6.07, 6.45) is 79.2. The maximum Gasteiger partial charge on any atom is 0.306 e. The molecular formula is C64H104O6. The maximum absolute atomic E-state index is 12.8. The van der Waals surface area contributed by atoms with Crippen LogP contribution in [0.5, 0.6) is 0 Å². The maximum atomic E-state index is 12.8. The topological polar surface area (TPSA) is 78.9 Å². The first-order chi connectivity index (χ1) is 34.5. The summed E-state index contributed by atoms with van der Waals surface area (Å²) in [5, 5.41) is 0. The number of allylic oxidation sites excluding steroid dienone is 20. The van der Waals surface area contributed by atoms with Gasteiger partial charge in [-0.05, 0) is 96.3 Å². The molecular weight excluding hydrogens is 865 g/mol. The standard InChI is InChI=1S/C64H104O6/c1-4-7-10-13-16-19-22-25-27-28-29-30-31-32-33-34-35-36-37-40-42-45-48-51-54-57-63(66)69-60-61(59-68-62(65)56-53-50-47-44-41-38-24-21-18-15-12-9-6-3)70-64(67)58-55-52-49-46-43-39-26-23-20-17-14-11-8-5-2/h7,9-10,12,16,18-19,21,25,27,29-30,32-33,35-36,38,41,47,50,61H,4-6,8,11,13-15,17,20,22-24,26,28,31,34,37,39-40,42-46,48-49,51-60H2,1-3H3/b10-7-,12-9-,19-16-,21-18-,27-25-,30-29-,33-32-,36-35-,41-38-,50-47-. The fourth-order valence-electron chi connectivity index (χ4n) is 7.52. The molecule has 0 amide bonds. The lowest BCUT2D eigenvalue weighted by atomic mass is 10.0. The smallest absolute Gasteiger partial charge is 0.306 e. The van der Waals surface area contributed by atoms with Crippen molar-refractivity contribution in [1.82, 2.24) is 0 Å². The van der Waals surface area contributed by atoms with E-state index in [1.807, 2.05) is 12.2 Å². The van der Waals surface area contributed by atoms with E-state index < -0.39 is 6.10 Å². The van der Waals surface area contributed by atoms with Gasteiger partial charge in [-0.25, -0.2) is 0 Å². The Hall–Kier alpha value is -4.19. The number of hydrogen-bond donors (Lipinski definition) is 0. The highest BCUT2D eigenvalue weighted by molar-refractivity contribution is 5.71. The molecule has 0 aliphatic rings. The Bertz CT molecular complexity index is 1490. The minimum Gasteiger partial charge on any atom is -0.462 e. The van der Waals surface area contributed by atoms with Crippen LogP contribution in [0.25, 0.3) is 0 Å². The van der Waals surface area contributed by atoms with E-state index >= 15 is 0 Å². The van der Waals surface area contributed by atoms with Crippen LogP contribution in [0, 0.1) is 0 Å². The zero-order valence-corrected chi connectivity index (χ0v) is 45.2. The number of carbonyl (C=O) groups excluding carboxylic acids is 3. The predicted octanol–water partition coefficient (Wildman–Crippen LogP) is 19.3. The number of unbranched alkanes of at least 4 members (excludes halogenated alkanes) is 19. The van der Waals surface area contributed by atoms with Crippen molar-refractivity contribution in [3.63, 3.8) is 0 Å². The molecule has 0 spiro atoms. The lowest BCUT2D eigenvalue weighted by Gasteiger charge is -2.18. The molecule has 0 saturated carbocycles. The second-order valence-corrected chi connectivity index (χ2v) is 18.4. The van der Waals surface area contributed by atoms with Gasteiger partial charge in [0.15, 0.2) is 6.10 Å². The molecule has 396 valence electrons. The van der Waals surface area contributed by atoms with E-state index in [-0.39, 0.29) is 37.5 Å². The normalized spacial score (nSPS) is 13.0. The quantitative estimate of drug-likeness (QED) is 0.0262. The van der Waals surface area contributed by atoms with Crippen molar-refractivity contribution >= 4 is 17.9 Å².